The molecule has 0 fully saturated rings. The summed E-state index contributed by atoms with van der Waals surface area (Å²) in [6.45, 7) is 8.43. The highest BCUT2D eigenvalue weighted by Crippen LogP contribution is 2.08. The van der Waals surface area contributed by atoms with Gasteiger partial charge in [-0.25, -0.2) is 4.79 Å². The Kier molecular flexibility index (Phi) is 5.41. The fraction of sp³-hybridized carbons (Fsp3) is 0.900. The van der Waals surface area contributed by atoms with E-state index in [0.29, 0.717) is 0 Å². The summed E-state index contributed by atoms with van der Waals surface area (Å²) in [5, 5.41) is 2.51. The van der Waals surface area contributed by atoms with Gasteiger partial charge in [-0.05, 0) is 34.6 Å². The highest BCUT2D eigenvalue weighted by atomic mass is 32.2. The smallest absolute Gasteiger partial charge is 0.407 e. The third kappa shape index (κ3) is 8.93. The lowest BCUT2D eigenvalue weighted by atomic mass is 10.2. The van der Waals surface area contributed by atoms with Crippen molar-refractivity contribution in [2.45, 2.75) is 52.4 Å². The molecule has 1 N–H and O–H groups in total. The number of rotatable bonds is 4. The molecule has 0 saturated carbocycles. The van der Waals surface area contributed by atoms with E-state index in [9.17, 15) is 13.2 Å². The average Bonchev–Trinajstić information content (AvgIpc) is 1.95. The molecule has 0 saturated heterocycles. The van der Waals surface area contributed by atoms with Crippen LogP contribution in [0.5, 0.6) is 0 Å². The predicted octanol–water partition coefficient (Wildman–Crippen LogP) is 1.26. The second kappa shape index (κ2) is 5.68. The van der Waals surface area contributed by atoms with Crippen LogP contribution in [-0.4, -0.2) is 38.5 Å². The molecule has 0 unspecified atom stereocenters. The Bertz CT molecular complexity index is 357. The lowest BCUT2D eigenvalue weighted by molar-refractivity contribution is 0.0466. The number of hydrogen-bond donors (Lipinski definition) is 1. The first-order valence-electron chi connectivity index (χ1n) is 5.28. The highest BCUT2D eigenvalue weighted by molar-refractivity contribution is 7.86. The molecule has 0 rings (SSSR count). The maximum absolute atomic E-state index is 11.4. The van der Waals surface area contributed by atoms with Crippen LogP contribution in [0.25, 0.3) is 0 Å². The van der Waals surface area contributed by atoms with Crippen LogP contribution in [0.4, 0.5) is 4.79 Å². The fourth-order valence-electron chi connectivity index (χ4n) is 0.970. The summed E-state index contributed by atoms with van der Waals surface area (Å²) in [4.78, 5) is 11.4. The van der Waals surface area contributed by atoms with Gasteiger partial charge in [0.05, 0.1) is 18.4 Å². The Morgan fingerprint density at radius 2 is 1.71 bits per heavy atom. The van der Waals surface area contributed by atoms with Gasteiger partial charge in [0.2, 0.25) is 0 Å². The Morgan fingerprint density at radius 1 is 1.24 bits per heavy atom. The van der Waals surface area contributed by atoms with E-state index in [0.717, 1.165) is 6.26 Å². The molecule has 0 aliphatic carbocycles. The van der Waals surface area contributed by atoms with Crippen molar-refractivity contribution >= 4 is 16.2 Å². The monoisotopic (exact) mass is 267 g/mol. The summed E-state index contributed by atoms with van der Waals surface area (Å²) in [6, 6.07) is -0.473. The van der Waals surface area contributed by atoms with Crippen molar-refractivity contribution in [3.05, 3.63) is 0 Å². The van der Waals surface area contributed by atoms with Crippen molar-refractivity contribution in [2.75, 3.05) is 6.26 Å². The Hall–Kier alpha value is -0.820. The van der Waals surface area contributed by atoms with Crippen LogP contribution in [0, 0.1) is 0 Å². The molecule has 0 spiro atoms. The van der Waals surface area contributed by atoms with Crippen molar-refractivity contribution < 1.29 is 22.1 Å². The fourth-order valence-corrected chi connectivity index (χ4v) is 1.69. The summed E-state index contributed by atoms with van der Waals surface area (Å²) in [5.41, 5.74) is -0.593. The SMILES string of the molecule is C[C@H](OS(C)(=O)=O)[C@@H](C)NC(=O)OC(C)(C)C. The second-order valence-electron chi connectivity index (χ2n) is 4.94. The lowest BCUT2D eigenvalue weighted by Crippen LogP contribution is -2.44. The second-order valence-corrected chi connectivity index (χ2v) is 6.54. The standard InChI is InChI=1S/C10H21NO5S/c1-7(8(2)16-17(6,13)14)11-9(12)15-10(3,4)5/h7-8H,1-6H3,(H,11,12)/t7-,8+/m1/s1. The third-order valence-electron chi connectivity index (χ3n) is 1.78. The average molecular weight is 267 g/mol. The molecule has 0 heterocycles. The summed E-state index contributed by atoms with van der Waals surface area (Å²) in [5.74, 6) is 0. The van der Waals surface area contributed by atoms with E-state index >= 15 is 0 Å². The maximum Gasteiger partial charge on any atom is 0.407 e. The molecule has 0 aromatic carbocycles. The minimum atomic E-state index is -3.53. The van der Waals surface area contributed by atoms with E-state index in [1.54, 1.807) is 34.6 Å². The van der Waals surface area contributed by atoms with Crippen molar-refractivity contribution in [3.8, 4) is 0 Å². The van der Waals surface area contributed by atoms with E-state index < -0.39 is 34.0 Å². The van der Waals surface area contributed by atoms with Gasteiger partial charge in [0, 0.05) is 0 Å². The summed E-state index contributed by atoms with van der Waals surface area (Å²) in [7, 11) is -3.53. The lowest BCUT2D eigenvalue weighted by Gasteiger charge is -2.24. The van der Waals surface area contributed by atoms with E-state index in [2.05, 4.69) is 5.32 Å². The van der Waals surface area contributed by atoms with Crippen LogP contribution in [-0.2, 0) is 19.0 Å². The molecular weight excluding hydrogens is 246 g/mol. The Labute approximate surface area is 103 Å². The van der Waals surface area contributed by atoms with Crippen molar-refractivity contribution in [1.29, 1.82) is 0 Å². The minimum Gasteiger partial charge on any atom is -0.444 e. The van der Waals surface area contributed by atoms with Gasteiger partial charge in [-0.1, -0.05) is 0 Å². The Balaban J connectivity index is 4.26. The van der Waals surface area contributed by atoms with Crippen LogP contribution < -0.4 is 5.32 Å². The van der Waals surface area contributed by atoms with Crippen LogP contribution in [0.2, 0.25) is 0 Å². The largest absolute Gasteiger partial charge is 0.444 e. The Morgan fingerprint density at radius 3 is 2.06 bits per heavy atom. The first-order valence-corrected chi connectivity index (χ1v) is 7.10. The number of nitrogens with one attached hydrogen (secondary N) is 1. The molecule has 0 radical (unpaired) electrons. The van der Waals surface area contributed by atoms with Gasteiger partial charge in [0.25, 0.3) is 10.1 Å². The zero-order valence-corrected chi connectivity index (χ0v) is 11.9. The minimum absolute atomic E-state index is 0.473. The molecule has 6 nitrogen and oxygen atoms in total. The molecule has 0 aliphatic rings. The highest BCUT2D eigenvalue weighted by Gasteiger charge is 2.22. The predicted molar refractivity (Wildman–Crippen MR) is 64.2 cm³/mol. The van der Waals surface area contributed by atoms with Crippen LogP contribution >= 0.6 is 0 Å². The van der Waals surface area contributed by atoms with Gasteiger partial charge in [-0.15, -0.1) is 0 Å². The molecule has 0 aliphatic heterocycles. The number of carbonyl (C=O) groups excluding carboxylic acids is 1. The van der Waals surface area contributed by atoms with Gasteiger partial charge < -0.3 is 10.1 Å². The van der Waals surface area contributed by atoms with Gasteiger partial charge in [0.1, 0.15) is 5.60 Å². The molecular formula is C10H21NO5S. The summed E-state index contributed by atoms with van der Waals surface area (Å²) in [6.07, 6.45) is -0.296. The first-order chi connectivity index (χ1) is 7.41. The zero-order chi connectivity index (χ0) is 13.9. The molecule has 0 bridgehead atoms. The summed E-state index contributed by atoms with van der Waals surface area (Å²) >= 11 is 0. The number of hydrogen-bond acceptors (Lipinski definition) is 5. The number of ether oxygens (including phenoxy) is 1. The number of alkyl carbamates (subject to hydrolysis) is 1. The van der Waals surface area contributed by atoms with Gasteiger partial charge in [0.15, 0.2) is 0 Å². The van der Waals surface area contributed by atoms with E-state index in [-0.39, 0.29) is 0 Å². The van der Waals surface area contributed by atoms with Crippen LogP contribution in [0.1, 0.15) is 34.6 Å². The quantitative estimate of drug-likeness (QED) is 0.776. The zero-order valence-electron chi connectivity index (χ0n) is 11.1. The number of amides is 1. The van der Waals surface area contributed by atoms with Crippen LogP contribution in [0.3, 0.4) is 0 Å². The molecule has 2 atom stereocenters. The van der Waals surface area contributed by atoms with Crippen molar-refractivity contribution in [2.24, 2.45) is 0 Å². The van der Waals surface area contributed by atoms with Crippen LogP contribution in [0.15, 0.2) is 0 Å². The van der Waals surface area contributed by atoms with E-state index in [1.165, 1.54) is 0 Å². The molecule has 0 aromatic rings. The van der Waals surface area contributed by atoms with E-state index in [4.69, 9.17) is 8.92 Å². The van der Waals surface area contributed by atoms with Crippen molar-refractivity contribution in [1.82, 2.24) is 5.32 Å². The maximum atomic E-state index is 11.4. The van der Waals surface area contributed by atoms with E-state index in [1.807, 2.05) is 0 Å². The van der Waals surface area contributed by atoms with Crippen molar-refractivity contribution in [3.63, 3.8) is 0 Å². The van der Waals surface area contributed by atoms with Gasteiger partial charge in [-0.2, -0.15) is 8.42 Å². The van der Waals surface area contributed by atoms with Gasteiger partial charge >= 0.3 is 6.09 Å². The molecule has 1 amide bonds. The number of carbonyl (C=O) groups is 1. The topological polar surface area (TPSA) is 81.7 Å². The normalized spacial score (nSPS) is 16.1. The molecule has 7 heteroatoms. The first kappa shape index (κ1) is 16.2. The molecule has 0 aromatic heterocycles. The summed E-state index contributed by atoms with van der Waals surface area (Å²) < 4.78 is 31.6. The molecule has 17 heavy (non-hydrogen) atoms. The van der Waals surface area contributed by atoms with Gasteiger partial charge in [-0.3, -0.25) is 4.18 Å². The molecule has 102 valence electrons. The third-order valence-corrected chi connectivity index (χ3v) is 2.43.